The molecule has 0 saturated carbocycles. The zero-order chi connectivity index (χ0) is 21.7. The van der Waals surface area contributed by atoms with Gasteiger partial charge in [-0.25, -0.2) is 8.42 Å². The normalized spacial score (nSPS) is 15.7. The van der Waals surface area contributed by atoms with Crippen LogP contribution in [0.2, 0.25) is 0 Å². The van der Waals surface area contributed by atoms with Crippen molar-refractivity contribution in [2.24, 2.45) is 5.73 Å². The van der Waals surface area contributed by atoms with Crippen molar-refractivity contribution in [3.05, 3.63) is 47.2 Å². The van der Waals surface area contributed by atoms with Crippen LogP contribution in [0.3, 0.4) is 0 Å². The Labute approximate surface area is 177 Å². The lowest BCUT2D eigenvalue weighted by Gasteiger charge is -2.31. The maximum absolute atomic E-state index is 11.8. The number of likely N-dealkylation sites (tertiary alicyclic amines) is 1. The Morgan fingerprint density at radius 1 is 1.20 bits per heavy atom. The van der Waals surface area contributed by atoms with Gasteiger partial charge >= 0.3 is 0 Å². The fraction of sp³-hybridized carbons (Fsp3) is 0.450. The quantitative estimate of drug-likeness (QED) is 0.592. The summed E-state index contributed by atoms with van der Waals surface area (Å²) < 4.78 is 23.4. The molecule has 0 atom stereocenters. The van der Waals surface area contributed by atoms with Crippen molar-refractivity contribution in [1.29, 1.82) is 0 Å². The summed E-state index contributed by atoms with van der Waals surface area (Å²) >= 11 is 0. The first kappa shape index (κ1) is 22.1. The molecule has 0 radical (unpaired) electrons. The highest BCUT2D eigenvalue weighted by molar-refractivity contribution is 7.91. The second-order valence-corrected chi connectivity index (χ2v) is 9.84. The average Bonchev–Trinajstić information content (AvgIpc) is 2.74. The van der Waals surface area contributed by atoms with Crippen LogP contribution in [0.4, 0.5) is 11.5 Å². The number of nitrogens with two attached hydrogens (primary N) is 1. The summed E-state index contributed by atoms with van der Waals surface area (Å²) in [6.07, 6.45) is 2.70. The zero-order valence-corrected chi connectivity index (χ0v) is 18.1. The number of hydrogen-bond donors (Lipinski definition) is 3. The summed E-state index contributed by atoms with van der Waals surface area (Å²) in [5.41, 5.74) is 8.57. The third-order valence-electron chi connectivity index (χ3n) is 5.31. The minimum absolute atomic E-state index is 0.182. The third kappa shape index (κ3) is 5.53. The lowest BCUT2D eigenvalue weighted by atomic mass is 10.1. The molecule has 0 spiro atoms. The van der Waals surface area contributed by atoms with Crippen molar-refractivity contribution in [3.8, 4) is 0 Å². The second kappa shape index (κ2) is 9.50. The molecule has 162 valence electrons. The number of benzene rings is 1. The number of amides is 1. The highest BCUT2D eigenvalue weighted by Crippen LogP contribution is 2.21. The molecule has 1 aliphatic rings. The van der Waals surface area contributed by atoms with Crippen LogP contribution < -0.4 is 16.4 Å². The number of carbonyl (C=O) groups is 1. The van der Waals surface area contributed by atoms with Crippen molar-refractivity contribution in [2.45, 2.75) is 31.2 Å². The highest BCUT2D eigenvalue weighted by atomic mass is 32.2. The number of aromatic nitrogens is 2. The second-order valence-electron chi connectivity index (χ2n) is 7.51. The fourth-order valence-electron chi connectivity index (χ4n) is 3.55. The summed E-state index contributed by atoms with van der Waals surface area (Å²) in [7, 11) is -1.41. The molecule has 1 aliphatic heterocycles. The van der Waals surface area contributed by atoms with Gasteiger partial charge in [-0.05, 0) is 49.7 Å². The maximum Gasteiger partial charge on any atom is 0.271 e. The van der Waals surface area contributed by atoms with Crippen molar-refractivity contribution >= 4 is 27.2 Å². The molecule has 4 N–H and O–H groups in total. The summed E-state index contributed by atoms with van der Waals surface area (Å²) in [5, 5.41) is 13.5. The predicted molar refractivity (Wildman–Crippen MR) is 116 cm³/mol. The standard InChI is InChI=1S/C20H28N6O3S/c1-22-20(27)19-15(12-21)11-18(24-25-19)23-16-5-3-14(4-6-16)13-26-9-7-17(8-10-26)30(2,28)29/h3-6,11,17H,7-10,12-13,21H2,1-2H3,(H,22,27)(H,23,24). The van der Waals surface area contributed by atoms with Gasteiger partial charge in [0.25, 0.3) is 5.91 Å². The topological polar surface area (TPSA) is 130 Å². The van der Waals surface area contributed by atoms with Crippen LogP contribution >= 0.6 is 0 Å². The Bertz CT molecular complexity index is 986. The molecule has 9 nitrogen and oxygen atoms in total. The van der Waals surface area contributed by atoms with Gasteiger partial charge in [0.1, 0.15) is 9.84 Å². The molecular formula is C20H28N6O3S. The molecule has 0 aliphatic carbocycles. The lowest BCUT2D eigenvalue weighted by molar-refractivity contribution is 0.0956. The zero-order valence-electron chi connectivity index (χ0n) is 17.3. The Balaban J connectivity index is 1.59. The van der Waals surface area contributed by atoms with E-state index in [1.165, 1.54) is 13.3 Å². The van der Waals surface area contributed by atoms with E-state index in [9.17, 15) is 13.2 Å². The fourth-order valence-corrected chi connectivity index (χ4v) is 4.62. The van der Waals surface area contributed by atoms with E-state index >= 15 is 0 Å². The van der Waals surface area contributed by atoms with Gasteiger partial charge in [0, 0.05) is 37.6 Å². The summed E-state index contributed by atoms with van der Waals surface area (Å²) in [6, 6.07) is 9.68. The summed E-state index contributed by atoms with van der Waals surface area (Å²) in [6.45, 7) is 2.54. The minimum atomic E-state index is -2.95. The van der Waals surface area contributed by atoms with Gasteiger partial charge in [0.15, 0.2) is 11.5 Å². The van der Waals surface area contributed by atoms with E-state index in [1.54, 1.807) is 6.07 Å². The van der Waals surface area contributed by atoms with Gasteiger partial charge in [0.05, 0.1) is 5.25 Å². The Kier molecular flexibility index (Phi) is 7.01. The van der Waals surface area contributed by atoms with E-state index in [0.29, 0.717) is 24.2 Å². The van der Waals surface area contributed by atoms with Crippen LogP contribution in [0.25, 0.3) is 0 Å². The van der Waals surface area contributed by atoms with Crippen molar-refractivity contribution < 1.29 is 13.2 Å². The molecule has 2 heterocycles. The van der Waals surface area contributed by atoms with Crippen LogP contribution in [-0.4, -0.2) is 61.1 Å². The van der Waals surface area contributed by atoms with E-state index in [-0.39, 0.29) is 23.4 Å². The van der Waals surface area contributed by atoms with Crippen molar-refractivity contribution in [2.75, 3.05) is 31.7 Å². The van der Waals surface area contributed by atoms with E-state index in [4.69, 9.17) is 5.73 Å². The summed E-state index contributed by atoms with van der Waals surface area (Å²) in [4.78, 5) is 14.1. The number of nitrogens with one attached hydrogen (secondary N) is 2. The molecule has 1 aromatic carbocycles. The lowest BCUT2D eigenvalue weighted by Crippen LogP contribution is -2.38. The Morgan fingerprint density at radius 3 is 2.43 bits per heavy atom. The van der Waals surface area contributed by atoms with Crippen LogP contribution in [0, 0.1) is 0 Å². The van der Waals surface area contributed by atoms with Gasteiger partial charge in [0.2, 0.25) is 0 Å². The molecule has 1 saturated heterocycles. The Morgan fingerprint density at radius 2 is 1.87 bits per heavy atom. The highest BCUT2D eigenvalue weighted by Gasteiger charge is 2.26. The van der Waals surface area contributed by atoms with Crippen LogP contribution in [-0.2, 0) is 22.9 Å². The number of piperidine rings is 1. The first-order valence-electron chi connectivity index (χ1n) is 9.86. The number of anilines is 2. The molecule has 1 amide bonds. The predicted octanol–water partition coefficient (Wildman–Crippen LogP) is 1.05. The maximum atomic E-state index is 11.8. The first-order chi connectivity index (χ1) is 14.3. The van der Waals surface area contributed by atoms with Crippen LogP contribution in [0.5, 0.6) is 0 Å². The van der Waals surface area contributed by atoms with Gasteiger partial charge in [-0.1, -0.05) is 12.1 Å². The van der Waals surface area contributed by atoms with E-state index in [1.807, 2.05) is 24.3 Å². The molecule has 0 unspecified atom stereocenters. The molecule has 3 rings (SSSR count). The monoisotopic (exact) mass is 432 g/mol. The first-order valence-corrected chi connectivity index (χ1v) is 11.8. The number of rotatable bonds is 7. The third-order valence-corrected chi connectivity index (χ3v) is 6.99. The van der Waals surface area contributed by atoms with Gasteiger partial charge < -0.3 is 16.4 Å². The summed E-state index contributed by atoms with van der Waals surface area (Å²) in [5.74, 6) is 0.193. The Hall–Kier alpha value is -2.56. The van der Waals surface area contributed by atoms with Gasteiger partial charge in [-0.2, -0.15) is 0 Å². The number of hydrogen-bond acceptors (Lipinski definition) is 8. The van der Waals surface area contributed by atoms with Gasteiger partial charge in [-0.15, -0.1) is 10.2 Å². The smallest absolute Gasteiger partial charge is 0.271 e. The molecule has 1 aromatic heterocycles. The largest absolute Gasteiger partial charge is 0.354 e. The SMILES string of the molecule is CNC(=O)c1nnc(Nc2ccc(CN3CCC(S(C)(=O)=O)CC3)cc2)cc1CN. The van der Waals surface area contributed by atoms with Crippen LogP contribution in [0.15, 0.2) is 30.3 Å². The number of nitrogens with zero attached hydrogens (tertiary/aromatic N) is 3. The van der Waals surface area contributed by atoms with Gasteiger partial charge in [-0.3, -0.25) is 9.69 Å². The molecule has 1 fully saturated rings. The van der Waals surface area contributed by atoms with Crippen molar-refractivity contribution in [1.82, 2.24) is 20.4 Å². The minimum Gasteiger partial charge on any atom is -0.354 e. The molecule has 2 aromatic rings. The molecule has 30 heavy (non-hydrogen) atoms. The average molecular weight is 433 g/mol. The number of carbonyl (C=O) groups excluding carboxylic acids is 1. The molecule has 10 heteroatoms. The number of sulfone groups is 1. The molecular weight excluding hydrogens is 404 g/mol. The van der Waals surface area contributed by atoms with Crippen molar-refractivity contribution in [3.63, 3.8) is 0 Å². The molecule has 0 bridgehead atoms. The van der Waals surface area contributed by atoms with E-state index in [2.05, 4.69) is 25.7 Å². The van der Waals surface area contributed by atoms with E-state index in [0.717, 1.165) is 30.9 Å². The van der Waals surface area contributed by atoms with E-state index < -0.39 is 9.84 Å². The van der Waals surface area contributed by atoms with Crippen LogP contribution in [0.1, 0.15) is 34.5 Å².